The minimum atomic E-state index is -3.66. The third-order valence-electron chi connectivity index (χ3n) is 3.89. The molecule has 1 heterocycles. The lowest BCUT2D eigenvalue weighted by molar-refractivity contribution is -0.131. The van der Waals surface area contributed by atoms with E-state index in [-0.39, 0.29) is 28.2 Å². The number of likely N-dealkylation sites (tertiary alicyclic amines) is 1. The quantitative estimate of drug-likeness (QED) is 0.808. The van der Waals surface area contributed by atoms with Crippen molar-refractivity contribution in [3.05, 3.63) is 28.2 Å². The molecule has 1 aliphatic heterocycles. The second kappa shape index (κ2) is 7.28. The smallest absolute Gasteiger partial charge is 0.243 e. The van der Waals surface area contributed by atoms with Crippen molar-refractivity contribution in [1.82, 2.24) is 4.90 Å². The second-order valence-electron chi connectivity index (χ2n) is 5.93. The number of nitrogens with zero attached hydrogens (tertiary/aromatic N) is 2. The molecule has 0 bridgehead atoms. The summed E-state index contributed by atoms with van der Waals surface area (Å²) < 4.78 is 25.3. The molecule has 1 aliphatic rings. The highest BCUT2D eigenvalue weighted by Crippen LogP contribution is 2.33. The van der Waals surface area contributed by atoms with E-state index in [1.54, 1.807) is 23.1 Å². The Bertz CT molecular complexity index is 694. The fourth-order valence-electron chi connectivity index (χ4n) is 2.70. The van der Waals surface area contributed by atoms with Crippen molar-refractivity contribution in [2.45, 2.75) is 19.8 Å². The van der Waals surface area contributed by atoms with Gasteiger partial charge in [0.15, 0.2) is 0 Å². The normalized spacial score (nSPS) is 18.8. The number of piperidine rings is 1. The van der Waals surface area contributed by atoms with Gasteiger partial charge in [0.05, 0.1) is 22.0 Å². The first kappa shape index (κ1) is 18.4. The van der Waals surface area contributed by atoms with Crippen molar-refractivity contribution in [3.8, 4) is 0 Å². The van der Waals surface area contributed by atoms with E-state index < -0.39 is 10.0 Å². The lowest BCUT2D eigenvalue weighted by Gasteiger charge is -2.33. The molecule has 1 atom stereocenters. The van der Waals surface area contributed by atoms with E-state index in [9.17, 15) is 13.2 Å². The van der Waals surface area contributed by atoms with Crippen molar-refractivity contribution < 1.29 is 13.2 Å². The highest BCUT2D eigenvalue weighted by molar-refractivity contribution is 7.92. The summed E-state index contributed by atoms with van der Waals surface area (Å²) in [5, 5.41) is 0.372. The van der Waals surface area contributed by atoms with Gasteiger partial charge in [0, 0.05) is 13.1 Å². The molecular weight excluding hydrogens is 359 g/mol. The van der Waals surface area contributed by atoms with Gasteiger partial charge in [-0.1, -0.05) is 36.2 Å². The standard InChI is InChI=1S/C15H20Cl2N2O3S/c1-11-5-4-8-18(9-11)14(20)10-19(23(2,21)22)13-7-3-6-12(16)15(13)17/h3,6-7,11H,4-5,8-10H2,1-2H3/t11-/m0/s1. The molecule has 1 aromatic carbocycles. The number of halogens is 2. The summed E-state index contributed by atoms with van der Waals surface area (Å²) >= 11 is 12.1. The second-order valence-corrected chi connectivity index (χ2v) is 8.62. The SMILES string of the molecule is C[C@H]1CCCN(C(=O)CN(c2cccc(Cl)c2Cl)S(C)(=O)=O)C1. The van der Waals surface area contributed by atoms with Gasteiger partial charge in [0.1, 0.15) is 6.54 Å². The lowest BCUT2D eigenvalue weighted by atomic mass is 10.0. The van der Waals surface area contributed by atoms with Gasteiger partial charge in [-0.25, -0.2) is 8.42 Å². The Morgan fingerprint density at radius 3 is 2.70 bits per heavy atom. The topological polar surface area (TPSA) is 57.7 Å². The molecule has 128 valence electrons. The molecule has 5 nitrogen and oxygen atoms in total. The van der Waals surface area contributed by atoms with Crippen LogP contribution in [-0.2, 0) is 14.8 Å². The molecule has 0 unspecified atom stereocenters. The number of rotatable bonds is 4. The number of sulfonamides is 1. The highest BCUT2D eigenvalue weighted by Gasteiger charge is 2.28. The maximum atomic E-state index is 12.5. The first-order chi connectivity index (χ1) is 10.7. The van der Waals surface area contributed by atoms with Crippen molar-refractivity contribution in [2.75, 3.05) is 30.2 Å². The fraction of sp³-hybridized carbons (Fsp3) is 0.533. The summed E-state index contributed by atoms with van der Waals surface area (Å²) in [6.07, 6.45) is 3.07. The third kappa shape index (κ3) is 4.52. The van der Waals surface area contributed by atoms with Crippen LogP contribution in [0.5, 0.6) is 0 Å². The molecule has 2 rings (SSSR count). The molecule has 0 aliphatic carbocycles. The summed E-state index contributed by atoms with van der Waals surface area (Å²) in [6.45, 7) is 3.12. The molecule has 0 saturated carbocycles. The van der Waals surface area contributed by atoms with Crippen LogP contribution in [0.15, 0.2) is 18.2 Å². The summed E-state index contributed by atoms with van der Waals surface area (Å²) in [5.74, 6) is 0.201. The molecule has 0 N–H and O–H groups in total. The number of benzene rings is 1. The van der Waals surface area contributed by atoms with Crippen molar-refractivity contribution >= 4 is 44.8 Å². The Morgan fingerprint density at radius 2 is 2.09 bits per heavy atom. The van der Waals surface area contributed by atoms with Gasteiger partial charge >= 0.3 is 0 Å². The molecule has 1 saturated heterocycles. The van der Waals surface area contributed by atoms with E-state index in [1.165, 1.54) is 0 Å². The minimum Gasteiger partial charge on any atom is -0.341 e. The van der Waals surface area contributed by atoms with E-state index >= 15 is 0 Å². The minimum absolute atomic E-state index is 0.124. The van der Waals surface area contributed by atoms with Gasteiger partial charge in [0.2, 0.25) is 15.9 Å². The van der Waals surface area contributed by atoms with Gasteiger partial charge in [-0.15, -0.1) is 0 Å². The largest absolute Gasteiger partial charge is 0.341 e. The highest BCUT2D eigenvalue weighted by atomic mass is 35.5. The van der Waals surface area contributed by atoms with Crippen molar-refractivity contribution in [3.63, 3.8) is 0 Å². The Morgan fingerprint density at radius 1 is 1.39 bits per heavy atom. The Kier molecular flexibility index (Phi) is 5.81. The van der Waals surface area contributed by atoms with E-state index in [4.69, 9.17) is 23.2 Å². The van der Waals surface area contributed by atoms with Crippen molar-refractivity contribution in [2.24, 2.45) is 5.92 Å². The maximum absolute atomic E-state index is 12.5. The number of anilines is 1. The van der Waals surface area contributed by atoms with Gasteiger partial charge in [0.25, 0.3) is 0 Å². The zero-order valence-electron chi connectivity index (χ0n) is 13.1. The maximum Gasteiger partial charge on any atom is 0.243 e. The zero-order valence-corrected chi connectivity index (χ0v) is 15.5. The van der Waals surface area contributed by atoms with Gasteiger partial charge < -0.3 is 4.90 Å². The third-order valence-corrected chi connectivity index (χ3v) is 5.82. The Balaban J connectivity index is 2.27. The summed E-state index contributed by atoms with van der Waals surface area (Å²) in [4.78, 5) is 14.2. The molecule has 0 radical (unpaired) electrons. The first-order valence-electron chi connectivity index (χ1n) is 7.39. The molecular formula is C15H20Cl2N2O3S. The number of amides is 1. The first-order valence-corrected chi connectivity index (χ1v) is 10.00. The van der Waals surface area contributed by atoms with Crippen LogP contribution in [0.2, 0.25) is 10.0 Å². The van der Waals surface area contributed by atoms with Gasteiger partial charge in [-0.05, 0) is 30.9 Å². The van der Waals surface area contributed by atoms with Crippen LogP contribution in [0.4, 0.5) is 5.69 Å². The van der Waals surface area contributed by atoms with Crippen LogP contribution in [0.1, 0.15) is 19.8 Å². The van der Waals surface area contributed by atoms with Crippen molar-refractivity contribution in [1.29, 1.82) is 0 Å². The van der Waals surface area contributed by atoms with Crippen LogP contribution < -0.4 is 4.31 Å². The van der Waals surface area contributed by atoms with E-state index in [1.807, 2.05) is 0 Å². The summed E-state index contributed by atoms with van der Waals surface area (Å²) in [7, 11) is -3.66. The molecule has 0 aromatic heterocycles. The predicted octanol–water partition coefficient (Wildman–Crippen LogP) is 3.02. The van der Waals surface area contributed by atoms with Crippen LogP contribution in [0.25, 0.3) is 0 Å². The lowest BCUT2D eigenvalue weighted by Crippen LogP contribution is -2.46. The zero-order chi connectivity index (χ0) is 17.2. The van der Waals surface area contributed by atoms with Crippen LogP contribution in [-0.4, -0.2) is 45.1 Å². The number of hydrogen-bond acceptors (Lipinski definition) is 3. The number of carbonyl (C=O) groups excluding carboxylic acids is 1. The molecule has 23 heavy (non-hydrogen) atoms. The van der Waals surface area contributed by atoms with E-state index in [0.717, 1.165) is 23.4 Å². The molecule has 1 amide bonds. The van der Waals surface area contributed by atoms with Crippen LogP contribution >= 0.6 is 23.2 Å². The number of carbonyl (C=O) groups is 1. The summed E-state index contributed by atoms with van der Waals surface area (Å²) in [5.41, 5.74) is 0.222. The number of hydrogen-bond donors (Lipinski definition) is 0. The van der Waals surface area contributed by atoms with E-state index in [2.05, 4.69) is 6.92 Å². The van der Waals surface area contributed by atoms with Crippen LogP contribution in [0, 0.1) is 5.92 Å². The fourth-order valence-corrected chi connectivity index (χ4v) is 4.01. The van der Waals surface area contributed by atoms with Crippen LogP contribution in [0.3, 0.4) is 0 Å². The average Bonchev–Trinajstić information content (AvgIpc) is 2.46. The Hall–Kier alpha value is -0.980. The van der Waals surface area contributed by atoms with E-state index in [0.29, 0.717) is 19.0 Å². The molecule has 1 fully saturated rings. The Labute approximate surface area is 147 Å². The molecule has 8 heteroatoms. The predicted molar refractivity (Wildman–Crippen MR) is 93.6 cm³/mol. The van der Waals surface area contributed by atoms with Gasteiger partial charge in [-0.2, -0.15) is 0 Å². The molecule has 1 aromatic rings. The molecule has 0 spiro atoms. The van der Waals surface area contributed by atoms with Gasteiger partial charge in [-0.3, -0.25) is 9.10 Å². The monoisotopic (exact) mass is 378 g/mol. The summed E-state index contributed by atoms with van der Waals surface area (Å²) in [6, 6.07) is 4.72. The average molecular weight is 379 g/mol.